The molecule has 11 heteroatoms. The molecule has 0 radical (unpaired) electrons. The zero-order chi connectivity index (χ0) is 27.7. The van der Waals surface area contributed by atoms with E-state index in [-0.39, 0.29) is 11.5 Å². The van der Waals surface area contributed by atoms with Crippen molar-refractivity contribution in [3.05, 3.63) is 77.8 Å². The maximum absolute atomic E-state index is 13.8. The molecule has 1 N–H and O–H groups in total. The molecule has 5 rings (SSSR count). The molecule has 7 nitrogen and oxygen atoms in total. The van der Waals surface area contributed by atoms with E-state index in [9.17, 15) is 22.8 Å². The summed E-state index contributed by atoms with van der Waals surface area (Å²) in [5.41, 5.74) is 1.47. The fourth-order valence-corrected chi connectivity index (χ4v) is 5.07. The summed E-state index contributed by atoms with van der Waals surface area (Å²) in [7, 11) is 3.60. The van der Waals surface area contributed by atoms with Crippen LogP contribution in [0.25, 0.3) is 22.4 Å². The van der Waals surface area contributed by atoms with Crippen LogP contribution in [-0.2, 0) is 13.2 Å². The third-order valence-electron chi connectivity index (χ3n) is 6.98. The van der Waals surface area contributed by atoms with E-state index in [2.05, 4.69) is 31.2 Å². The van der Waals surface area contributed by atoms with Crippen LogP contribution < -0.4 is 10.2 Å². The summed E-state index contributed by atoms with van der Waals surface area (Å²) in [6.07, 6.45) is -0.101. The van der Waals surface area contributed by atoms with Gasteiger partial charge < -0.3 is 14.8 Å². The van der Waals surface area contributed by atoms with Crippen molar-refractivity contribution >= 4 is 11.6 Å². The van der Waals surface area contributed by atoms with Crippen molar-refractivity contribution in [2.75, 3.05) is 30.4 Å². The van der Waals surface area contributed by atoms with Crippen LogP contribution in [0.1, 0.15) is 35.7 Å². The highest BCUT2D eigenvalue weighted by atomic mass is 19.4. The number of aryl methyl sites for hydroxylation is 1. The van der Waals surface area contributed by atoms with Gasteiger partial charge in [-0.1, -0.05) is 12.1 Å². The quantitative estimate of drug-likeness (QED) is 0.316. The molecule has 2 aromatic carbocycles. The zero-order valence-corrected chi connectivity index (χ0v) is 21.3. The number of anilines is 2. The van der Waals surface area contributed by atoms with E-state index >= 15 is 0 Å². The summed E-state index contributed by atoms with van der Waals surface area (Å²) in [5.74, 6) is 0.958. The molecule has 1 aliphatic rings. The smallest absolute Gasteiger partial charge is 0.372 e. The lowest BCUT2D eigenvalue weighted by molar-refractivity contribution is -0.139. The molecule has 0 unspecified atom stereocenters. The van der Waals surface area contributed by atoms with Gasteiger partial charge in [0, 0.05) is 44.9 Å². The van der Waals surface area contributed by atoms with Gasteiger partial charge in [0.2, 0.25) is 0 Å². The van der Waals surface area contributed by atoms with Crippen molar-refractivity contribution in [3.8, 4) is 28.5 Å². The van der Waals surface area contributed by atoms with Crippen LogP contribution in [0.5, 0.6) is 0 Å². The monoisotopic (exact) mass is 535 g/mol. The van der Waals surface area contributed by atoms with Gasteiger partial charge in [0.25, 0.3) is 0 Å². The number of benzene rings is 2. The number of halogens is 4. The third-order valence-corrected chi connectivity index (χ3v) is 6.98. The number of nitriles is 1. The Hall–Kier alpha value is -4.46. The molecule has 1 aliphatic heterocycles. The highest BCUT2D eigenvalue weighted by molar-refractivity contribution is 5.85. The Morgan fingerprint density at radius 1 is 1.05 bits per heavy atom. The molecular formula is C28H25F4N7. The molecule has 0 spiro atoms. The Bertz CT molecular complexity index is 1550. The minimum absolute atomic E-state index is 0.0820. The predicted octanol–water partition coefficient (Wildman–Crippen LogP) is 6.00. The lowest BCUT2D eigenvalue weighted by Crippen LogP contribution is -2.34. The Morgan fingerprint density at radius 2 is 1.82 bits per heavy atom. The average molecular weight is 536 g/mol. The van der Waals surface area contributed by atoms with Gasteiger partial charge in [-0.25, -0.2) is 19.3 Å². The Balaban J connectivity index is 1.39. The molecule has 2 aromatic heterocycles. The van der Waals surface area contributed by atoms with Crippen molar-refractivity contribution in [3.63, 3.8) is 0 Å². The van der Waals surface area contributed by atoms with Crippen LogP contribution in [0.4, 0.5) is 29.2 Å². The number of rotatable bonds is 5. The van der Waals surface area contributed by atoms with Crippen LogP contribution in [0.2, 0.25) is 0 Å². The highest BCUT2D eigenvalue weighted by Gasteiger charge is 2.34. The molecular weight excluding hydrogens is 510 g/mol. The van der Waals surface area contributed by atoms with Gasteiger partial charge in [0.15, 0.2) is 0 Å². The lowest BCUT2D eigenvalue weighted by atomic mass is 9.95. The minimum atomic E-state index is -4.78. The first kappa shape index (κ1) is 26.2. The molecule has 4 aromatic rings. The highest BCUT2D eigenvalue weighted by Crippen LogP contribution is 2.39. The summed E-state index contributed by atoms with van der Waals surface area (Å²) in [4.78, 5) is 15.8. The van der Waals surface area contributed by atoms with Gasteiger partial charge in [-0.15, -0.1) is 0 Å². The fourth-order valence-electron chi connectivity index (χ4n) is 5.07. The topological polar surface area (TPSA) is 82.7 Å². The molecule has 0 saturated carbocycles. The molecule has 0 amide bonds. The third kappa shape index (κ3) is 5.14. The van der Waals surface area contributed by atoms with Crippen molar-refractivity contribution in [1.82, 2.24) is 19.5 Å². The fraction of sp³-hybridized carbons (Fsp3) is 0.286. The second kappa shape index (κ2) is 10.4. The largest absolute Gasteiger partial charge is 0.419 e. The van der Waals surface area contributed by atoms with E-state index in [1.165, 1.54) is 12.4 Å². The lowest BCUT2D eigenvalue weighted by Gasteiger charge is -2.34. The van der Waals surface area contributed by atoms with Gasteiger partial charge >= 0.3 is 6.18 Å². The van der Waals surface area contributed by atoms with Crippen molar-refractivity contribution in [2.45, 2.75) is 24.9 Å². The predicted molar refractivity (Wildman–Crippen MR) is 140 cm³/mol. The Morgan fingerprint density at radius 3 is 2.51 bits per heavy atom. The summed E-state index contributed by atoms with van der Waals surface area (Å²) >= 11 is 0. The van der Waals surface area contributed by atoms with E-state index < -0.39 is 17.6 Å². The SMILES string of the molecule is CNc1ncnc(N2CCC(c3nc(-c4ccc(F)c(C(F)(F)F)c4)cn3C)CC2)c1-c1cccc(C#N)c1. The maximum Gasteiger partial charge on any atom is 0.419 e. The van der Waals surface area contributed by atoms with E-state index in [1.54, 1.807) is 19.3 Å². The van der Waals surface area contributed by atoms with Gasteiger partial charge in [-0.3, -0.25) is 0 Å². The molecule has 1 fully saturated rings. The number of alkyl halides is 3. The van der Waals surface area contributed by atoms with Crippen LogP contribution >= 0.6 is 0 Å². The minimum Gasteiger partial charge on any atom is -0.372 e. The second-order valence-electron chi connectivity index (χ2n) is 9.41. The van der Waals surface area contributed by atoms with Crippen LogP contribution in [0.3, 0.4) is 0 Å². The molecule has 1 saturated heterocycles. The first-order valence-electron chi connectivity index (χ1n) is 12.4. The number of piperidine rings is 1. The number of imidazole rings is 1. The normalized spacial score (nSPS) is 14.3. The van der Waals surface area contributed by atoms with Crippen LogP contribution in [0, 0.1) is 17.1 Å². The van der Waals surface area contributed by atoms with Gasteiger partial charge in [-0.05, 0) is 48.7 Å². The van der Waals surface area contributed by atoms with Crippen molar-refractivity contribution in [1.29, 1.82) is 5.26 Å². The molecule has 39 heavy (non-hydrogen) atoms. The summed E-state index contributed by atoms with van der Waals surface area (Å²) in [5, 5.41) is 12.5. The van der Waals surface area contributed by atoms with Gasteiger partial charge in [0.05, 0.1) is 28.5 Å². The summed E-state index contributed by atoms with van der Waals surface area (Å²) in [6, 6.07) is 12.4. The molecule has 0 atom stereocenters. The number of hydrogen-bond acceptors (Lipinski definition) is 6. The van der Waals surface area contributed by atoms with E-state index in [0.717, 1.165) is 47.7 Å². The molecule has 0 aliphatic carbocycles. The van der Waals surface area contributed by atoms with Crippen LogP contribution in [-0.4, -0.2) is 39.7 Å². The molecule has 200 valence electrons. The first-order chi connectivity index (χ1) is 18.7. The average Bonchev–Trinajstić information content (AvgIpc) is 3.33. The number of nitrogens with one attached hydrogen (secondary N) is 1. The standard InChI is InChI=1S/C28H25F4N7/c1-34-25-24(20-5-3-4-17(12-20)14-33)27(36-16-35-25)39-10-8-18(9-11-39)26-37-23(15-38(26)2)19-6-7-22(29)21(13-19)28(30,31)32/h3-7,12-13,15-16,18H,8-11H2,1-2H3,(H,34,35,36). The maximum atomic E-state index is 13.8. The molecule has 3 heterocycles. The van der Waals surface area contributed by atoms with Gasteiger partial charge in [0.1, 0.15) is 29.6 Å². The first-order valence-corrected chi connectivity index (χ1v) is 12.4. The number of hydrogen-bond donors (Lipinski definition) is 1. The molecule has 0 bridgehead atoms. The summed E-state index contributed by atoms with van der Waals surface area (Å²) in [6.45, 7) is 1.35. The number of nitrogens with zero attached hydrogens (tertiary/aromatic N) is 6. The van der Waals surface area contributed by atoms with Crippen molar-refractivity contribution in [2.24, 2.45) is 7.05 Å². The van der Waals surface area contributed by atoms with E-state index in [0.29, 0.717) is 30.2 Å². The summed E-state index contributed by atoms with van der Waals surface area (Å²) < 4.78 is 55.3. The van der Waals surface area contributed by atoms with Crippen LogP contribution in [0.15, 0.2) is 55.0 Å². The van der Waals surface area contributed by atoms with Crippen molar-refractivity contribution < 1.29 is 17.6 Å². The number of aromatic nitrogens is 4. The Labute approximate surface area is 222 Å². The zero-order valence-electron chi connectivity index (χ0n) is 21.3. The van der Waals surface area contributed by atoms with E-state index in [1.807, 2.05) is 29.8 Å². The Kier molecular flexibility index (Phi) is 6.95. The van der Waals surface area contributed by atoms with Gasteiger partial charge in [-0.2, -0.15) is 18.4 Å². The van der Waals surface area contributed by atoms with E-state index in [4.69, 9.17) is 0 Å². The second-order valence-corrected chi connectivity index (χ2v) is 9.41.